The van der Waals surface area contributed by atoms with Gasteiger partial charge >= 0.3 is 0 Å². The molecular formula is C25H24N2O3S. The van der Waals surface area contributed by atoms with Crippen LogP contribution in [0.2, 0.25) is 0 Å². The van der Waals surface area contributed by atoms with Crippen LogP contribution in [-0.4, -0.2) is 43.0 Å². The summed E-state index contributed by atoms with van der Waals surface area (Å²) in [7, 11) is 0. The number of amides is 2. The first kappa shape index (κ1) is 21.2. The third-order valence-corrected chi connectivity index (χ3v) is 6.22. The van der Waals surface area contributed by atoms with Crippen LogP contribution in [0.3, 0.4) is 0 Å². The molecule has 1 aliphatic rings. The average molecular weight is 433 g/mol. The van der Waals surface area contributed by atoms with Gasteiger partial charge in [-0.25, -0.2) is 0 Å². The second kappa shape index (κ2) is 10.3. The summed E-state index contributed by atoms with van der Waals surface area (Å²) in [6, 6.07) is 24.9. The van der Waals surface area contributed by atoms with Crippen LogP contribution in [0, 0.1) is 0 Å². The van der Waals surface area contributed by atoms with Crippen LogP contribution < -0.4 is 5.32 Å². The monoisotopic (exact) mass is 432 g/mol. The van der Waals surface area contributed by atoms with Gasteiger partial charge in [-0.1, -0.05) is 54.6 Å². The number of hydrogen-bond donors (Lipinski definition) is 1. The summed E-state index contributed by atoms with van der Waals surface area (Å²) in [5.74, 6) is 0.460. The minimum absolute atomic E-state index is 0.0917. The van der Waals surface area contributed by atoms with Gasteiger partial charge in [0.05, 0.1) is 30.0 Å². The predicted octanol–water partition coefficient (Wildman–Crippen LogP) is 4.70. The lowest BCUT2D eigenvalue weighted by molar-refractivity contribution is 0.0303. The number of benzene rings is 3. The summed E-state index contributed by atoms with van der Waals surface area (Å²) in [5, 5.41) is 2.95. The summed E-state index contributed by atoms with van der Waals surface area (Å²) < 4.78 is 5.34. The number of anilines is 1. The Kier molecular flexibility index (Phi) is 7.02. The highest BCUT2D eigenvalue weighted by Gasteiger charge is 2.22. The van der Waals surface area contributed by atoms with Crippen molar-refractivity contribution >= 4 is 29.3 Å². The topological polar surface area (TPSA) is 58.6 Å². The Morgan fingerprint density at radius 2 is 1.48 bits per heavy atom. The smallest absolute Gasteiger partial charge is 0.256 e. The van der Waals surface area contributed by atoms with E-state index in [0.717, 1.165) is 10.6 Å². The average Bonchev–Trinajstić information content (AvgIpc) is 2.84. The van der Waals surface area contributed by atoms with Crippen LogP contribution >= 0.6 is 11.8 Å². The van der Waals surface area contributed by atoms with Gasteiger partial charge in [0.25, 0.3) is 11.8 Å². The Morgan fingerprint density at radius 3 is 2.26 bits per heavy atom. The van der Waals surface area contributed by atoms with Gasteiger partial charge in [0.2, 0.25) is 0 Å². The molecule has 0 atom stereocenters. The largest absolute Gasteiger partial charge is 0.378 e. The molecule has 3 aromatic rings. The van der Waals surface area contributed by atoms with Crippen molar-refractivity contribution in [3.8, 4) is 0 Å². The van der Waals surface area contributed by atoms with E-state index < -0.39 is 0 Å². The SMILES string of the molecule is O=C(Nc1ccccc1C(=O)N1CCOCC1)c1ccccc1SCc1ccccc1. The fourth-order valence-corrected chi connectivity index (χ4v) is 4.43. The minimum atomic E-state index is -0.224. The number of thioether (sulfide) groups is 1. The molecule has 158 valence electrons. The fraction of sp³-hybridized carbons (Fsp3) is 0.200. The van der Waals surface area contributed by atoms with E-state index in [1.807, 2.05) is 54.6 Å². The number of carbonyl (C=O) groups is 2. The Hall–Kier alpha value is -3.09. The molecule has 3 aromatic carbocycles. The number of nitrogens with one attached hydrogen (secondary N) is 1. The maximum absolute atomic E-state index is 13.1. The van der Waals surface area contributed by atoms with Crippen LogP contribution in [0.1, 0.15) is 26.3 Å². The van der Waals surface area contributed by atoms with E-state index in [1.54, 1.807) is 28.8 Å². The second-order valence-corrected chi connectivity index (χ2v) is 8.19. The molecule has 1 saturated heterocycles. The van der Waals surface area contributed by atoms with Crippen molar-refractivity contribution in [3.63, 3.8) is 0 Å². The van der Waals surface area contributed by atoms with Crippen LogP contribution in [-0.2, 0) is 10.5 Å². The first-order chi connectivity index (χ1) is 15.2. The van der Waals surface area contributed by atoms with Crippen molar-refractivity contribution in [1.82, 2.24) is 4.90 Å². The number of ether oxygens (including phenoxy) is 1. The highest BCUT2D eigenvalue weighted by molar-refractivity contribution is 7.98. The molecular weight excluding hydrogens is 408 g/mol. The molecule has 31 heavy (non-hydrogen) atoms. The molecule has 1 N–H and O–H groups in total. The normalized spacial score (nSPS) is 13.6. The van der Waals surface area contributed by atoms with Crippen LogP contribution in [0.15, 0.2) is 83.8 Å². The van der Waals surface area contributed by atoms with Crippen molar-refractivity contribution in [3.05, 3.63) is 95.6 Å². The molecule has 0 spiro atoms. The fourth-order valence-electron chi connectivity index (χ4n) is 3.42. The first-order valence-electron chi connectivity index (χ1n) is 10.3. The number of hydrogen-bond acceptors (Lipinski definition) is 4. The highest BCUT2D eigenvalue weighted by Crippen LogP contribution is 2.27. The van der Waals surface area contributed by atoms with Crippen LogP contribution in [0.4, 0.5) is 5.69 Å². The zero-order valence-corrected chi connectivity index (χ0v) is 17.9. The Morgan fingerprint density at radius 1 is 0.839 bits per heavy atom. The molecule has 4 rings (SSSR count). The summed E-state index contributed by atoms with van der Waals surface area (Å²) in [5.41, 5.74) is 2.81. The van der Waals surface area contributed by atoms with Crippen molar-refractivity contribution in [2.45, 2.75) is 10.6 Å². The maximum Gasteiger partial charge on any atom is 0.256 e. The molecule has 0 saturated carbocycles. The third kappa shape index (κ3) is 5.34. The number of para-hydroxylation sites is 1. The number of carbonyl (C=O) groups excluding carboxylic acids is 2. The van der Waals surface area contributed by atoms with E-state index in [9.17, 15) is 9.59 Å². The minimum Gasteiger partial charge on any atom is -0.378 e. The summed E-state index contributed by atoms with van der Waals surface area (Å²) >= 11 is 1.62. The van der Waals surface area contributed by atoms with Crippen molar-refractivity contribution in [1.29, 1.82) is 0 Å². The molecule has 2 amide bonds. The summed E-state index contributed by atoms with van der Waals surface area (Å²) in [6.07, 6.45) is 0. The summed E-state index contributed by atoms with van der Waals surface area (Å²) in [6.45, 7) is 2.18. The zero-order chi connectivity index (χ0) is 21.5. The quantitative estimate of drug-likeness (QED) is 0.574. The van der Waals surface area contributed by atoms with Gasteiger partial charge in [-0.2, -0.15) is 0 Å². The van der Waals surface area contributed by atoms with Crippen LogP contribution in [0.25, 0.3) is 0 Å². The molecule has 0 aliphatic carbocycles. The first-order valence-corrected chi connectivity index (χ1v) is 11.2. The summed E-state index contributed by atoms with van der Waals surface area (Å²) in [4.78, 5) is 28.8. The van der Waals surface area contributed by atoms with Crippen LogP contribution in [0.5, 0.6) is 0 Å². The van der Waals surface area contributed by atoms with Gasteiger partial charge in [0, 0.05) is 23.7 Å². The Bertz CT molecular complexity index is 1050. The third-order valence-electron chi connectivity index (χ3n) is 5.07. The van der Waals surface area contributed by atoms with Gasteiger partial charge < -0.3 is 15.0 Å². The van der Waals surface area contributed by atoms with Crippen molar-refractivity contribution < 1.29 is 14.3 Å². The van der Waals surface area contributed by atoms with E-state index in [1.165, 1.54) is 5.56 Å². The van der Waals surface area contributed by atoms with E-state index in [4.69, 9.17) is 4.74 Å². The lowest BCUT2D eigenvalue weighted by Crippen LogP contribution is -2.41. The standard InChI is InChI=1S/C25H24N2O3S/c28-24(21-11-5-7-13-23(21)31-18-19-8-2-1-3-9-19)26-22-12-6-4-10-20(22)25(29)27-14-16-30-17-15-27/h1-13H,14-18H2,(H,26,28). The highest BCUT2D eigenvalue weighted by atomic mass is 32.2. The molecule has 1 fully saturated rings. The van der Waals surface area contributed by atoms with E-state index in [-0.39, 0.29) is 11.8 Å². The van der Waals surface area contributed by atoms with E-state index in [2.05, 4.69) is 17.4 Å². The van der Waals surface area contributed by atoms with E-state index in [0.29, 0.717) is 43.1 Å². The van der Waals surface area contributed by atoms with Gasteiger partial charge in [-0.15, -0.1) is 11.8 Å². The maximum atomic E-state index is 13.1. The number of nitrogens with zero attached hydrogens (tertiary/aromatic N) is 1. The lowest BCUT2D eigenvalue weighted by atomic mass is 10.1. The van der Waals surface area contributed by atoms with Gasteiger partial charge in [-0.3, -0.25) is 9.59 Å². The zero-order valence-electron chi connectivity index (χ0n) is 17.1. The Balaban J connectivity index is 1.51. The molecule has 5 nitrogen and oxygen atoms in total. The molecule has 0 unspecified atom stereocenters. The van der Waals surface area contributed by atoms with Crippen molar-refractivity contribution in [2.24, 2.45) is 0 Å². The van der Waals surface area contributed by atoms with Gasteiger partial charge in [0.15, 0.2) is 0 Å². The van der Waals surface area contributed by atoms with Crippen molar-refractivity contribution in [2.75, 3.05) is 31.6 Å². The molecule has 0 aromatic heterocycles. The number of morpholine rings is 1. The Labute approximate surface area is 186 Å². The second-order valence-electron chi connectivity index (χ2n) is 7.17. The van der Waals surface area contributed by atoms with E-state index >= 15 is 0 Å². The molecule has 0 radical (unpaired) electrons. The predicted molar refractivity (Wildman–Crippen MR) is 124 cm³/mol. The lowest BCUT2D eigenvalue weighted by Gasteiger charge is -2.27. The molecule has 1 aliphatic heterocycles. The van der Waals surface area contributed by atoms with Gasteiger partial charge in [-0.05, 0) is 29.8 Å². The molecule has 1 heterocycles. The van der Waals surface area contributed by atoms with Gasteiger partial charge in [0.1, 0.15) is 0 Å². The number of rotatable bonds is 6. The molecule has 6 heteroatoms. The molecule has 0 bridgehead atoms.